The number of carboxylic acid groups (broad SMARTS) is 1. The molecular formula is C27H30N2O6. The minimum absolute atomic E-state index is 0.00420. The molecule has 0 saturated heterocycles. The van der Waals surface area contributed by atoms with Gasteiger partial charge >= 0.3 is 18.2 Å². The number of aliphatic carboxylic acids is 1. The van der Waals surface area contributed by atoms with Gasteiger partial charge in [-0.1, -0.05) is 60.7 Å². The molecule has 35 heavy (non-hydrogen) atoms. The van der Waals surface area contributed by atoms with E-state index in [4.69, 9.17) is 9.47 Å². The second-order valence-corrected chi connectivity index (χ2v) is 9.18. The van der Waals surface area contributed by atoms with Crippen LogP contribution in [0.4, 0.5) is 15.3 Å². The maximum atomic E-state index is 12.7. The molecule has 0 unspecified atom stereocenters. The highest BCUT2D eigenvalue weighted by Crippen LogP contribution is 2.30. The van der Waals surface area contributed by atoms with E-state index < -0.39 is 29.8 Å². The fourth-order valence-electron chi connectivity index (χ4n) is 3.52. The van der Waals surface area contributed by atoms with E-state index in [0.29, 0.717) is 11.3 Å². The lowest BCUT2D eigenvalue weighted by atomic mass is 9.99. The first-order valence-corrected chi connectivity index (χ1v) is 11.2. The zero-order valence-electron chi connectivity index (χ0n) is 20.3. The molecule has 3 rings (SSSR count). The zero-order chi connectivity index (χ0) is 25.6. The average molecular weight is 479 g/mol. The molecule has 3 aromatic rings. The van der Waals surface area contributed by atoms with Crippen LogP contribution in [0.25, 0.3) is 10.8 Å². The topological polar surface area (TPSA) is 105 Å². The molecule has 0 heterocycles. The Morgan fingerprint density at radius 1 is 0.971 bits per heavy atom. The smallest absolute Gasteiger partial charge is 0.414 e. The second kappa shape index (κ2) is 10.9. The van der Waals surface area contributed by atoms with Crippen molar-refractivity contribution >= 4 is 34.6 Å². The number of benzene rings is 3. The molecule has 0 fully saturated rings. The Balaban J connectivity index is 1.81. The van der Waals surface area contributed by atoms with Crippen molar-refractivity contribution in [1.29, 1.82) is 0 Å². The van der Waals surface area contributed by atoms with Gasteiger partial charge in [0.2, 0.25) is 0 Å². The zero-order valence-corrected chi connectivity index (χ0v) is 20.3. The van der Waals surface area contributed by atoms with Crippen LogP contribution in [0.2, 0.25) is 0 Å². The van der Waals surface area contributed by atoms with E-state index in [-0.39, 0.29) is 13.0 Å². The Morgan fingerprint density at radius 2 is 1.63 bits per heavy atom. The summed E-state index contributed by atoms with van der Waals surface area (Å²) in [5, 5.41) is 13.8. The summed E-state index contributed by atoms with van der Waals surface area (Å²) in [7, 11) is 1.60. The molecular weight excluding hydrogens is 448 g/mol. The molecule has 0 radical (unpaired) electrons. The van der Waals surface area contributed by atoms with E-state index in [2.05, 4.69) is 5.32 Å². The van der Waals surface area contributed by atoms with Crippen LogP contribution < -0.4 is 10.2 Å². The summed E-state index contributed by atoms with van der Waals surface area (Å²) in [6.07, 6.45) is -1.36. The number of ether oxygens (including phenoxy) is 2. The highest BCUT2D eigenvalue weighted by Gasteiger charge is 2.25. The first kappa shape index (κ1) is 25.6. The largest absolute Gasteiger partial charge is 0.480 e. The number of anilines is 1. The maximum Gasteiger partial charge on any atom is 0.414 e. The predicted octanol–water partition coefficient (Wildman–Crippen LogP) is 5.13. The molecule has 0 aromatic heterocycles. The van der Waals surface area contributed by atoms with Crippen molar-refractivity contribution in [3.63, 3.8) is 0 Å². The van der Waals surface area contributed by atoms with Crippen LogP contribution in [0.3, 0.4) is 0 Å². The molecule has 1 atom stereocenters. The summed E-state index contributed by atoms with van der Waals surface area (Å²) in [4.78, 5) is 38.3. The number of alkyl carbamates (subject to hydrolysis) is 1. The minimum atomic E-state index is -1.22. The first-order valence-electron chi connectivity index (χ1n) is 11.2. The van der Waals surface area contributed by atoms with Gasteiger partial charge < -0.3 is 19.9 Å². The molecule has 0 aliphatic carbocycles. The van der Waals surface area contributed by atoms with E-state index in [1.807, 2.05) is 48.5 Å². The molecule has 0 aliphatic rings. The van der Waals surface area contributed by atoms with Gasteiger partial charge in [-0.3, -0.25) is 4.90 Å². The summed E-state index contributed by atoms with van der Waals surface area (Å²) in [5.41, 5.74) is 1.32. The number of carbonyl (C=O) groups excluding carboxylic acids is 2. The number of hydrogen-bond donors (Lipinski definition) is 2. The molecule has 8 heteroatoms. The van der Waals surface area contributed by atoms with Crippen molar-refractivity contribution in [2.24, 2.45) is 0 Å². The Bertz CT molecular complexity index is 1200. The molecule has 8 nitrogen and oxygen atoms in total. The van der Waals surface area contributed by atoms with Crippen LogP contribution in [0.15, 0.2) is 66.7 Å². The number of nitrogens with one attached hydrogen (secondary N) is 1. The normalized spacial score (nSPS) is 12.0. The molecule has 184 valence electrons. The van der Waals surface area contributed by atoms with E-state index in [9.17, 15) is 19.5 Å². The molecule has 3 aromatic carbocycles. The van der Waals surface area contributed by atoms with Crippen molar-refractivity contribution in [1.82, 2.24) is 5.32 Å². The van der Waals surface area contributed by atoms with Gasteiger partial charge in [-0.25, -0.2) is 14.4 Å². The maximum absolute atomic E-state index is 12.7. The Morgan fingerprint density at radius 3 is 2.29 bits per heavy atom. The highest BCUT2D eigenvalue weighted by atomic mass is 16.6. The minimum Gasteiger partial charge on any atom is -0.480 e. The molecule has 0 bridgehead atoms. The summed E-state index contributed by atoms with van der Waals surface area (Å²) in [6, 6.07) is 18.9. The standard InChI is InChI=1S/C27H30N2O6/c1-27(2,3)35-26(33)29(4)23-16-19(14-20-12-8-9-13-21(20)23)15-22(24(30)31)28-25(32)34-17-18-10-6-5-7-11-18/h5-14,16,22H,15,17H2,1-4H3,(H,28,32)(H,30,31)/t22-/m1/s1. The average Bonchev–Trinajstić information content (AvgIpc) is 2.81. The van der Waals surface area contributed by atoms with Crippen molar-refractivity contribution in [2.45, 2.75) is 45.4 Å². The van der Waals surface area contributed by atoms with Crippen LogP contribution in [0, 0.1) is 0 Å². The first-order chi connectivity index (χ1) is 16.5. The number of carboxylic acids is 1. The van der Waals surface area contributed by atoms with Gasteiger partial charge in [0, 0.05) is 18.9 Å². The van der Waals surface area contributed by atoms with E-state index in [1.54, 1.807) is 46.0 Å². The lowest BCUT2D eigenvalue weighted by Gasteiger charge is -2.26. The second-order valence-electron chi connectivity index (χ2n) is 9.18. The molecule has 0 saturated carbocycles. The molecule has 2 amide bonds. The monoisotopic (exact) mass is 478 g/mol. The summed E-state index contributed by atoms with van der Waals surface area (Å²) >= 11 is 0. The lowest BCUT2D eigenvalue weighted by molar-refractivity contribution is -0.139. The van der Waals surface area contributed by atoms with Crippen molar-refractivity contribution in [3.8, 4) is 0 Å². The number of rotatable bonds is 7. The molecule has 0 aliphatic heterocycles. The van der Waals surface area contributed by atoms with Crippen molar-refractivity contribution in [3.05, 3.63) is 77.9 Å². The van der Waals surface area contributed by atoms with E-state index in [0.717, 1.165) is 16.3 Å². The van der Waals surface area contributed by atoms with Crippen molar-refractivity contribution in [2.75, 3.05) is 11.9 Å². The van der Waals surface area contributed by atoms with E-state index >= 15 is 0 Å². The third-order valence-corrected chi connectivity index (χ3v) is 5.17. The number of fused-ring (bicyclic) bond motifs is 1. The SMILES string of the molecule is CN(C(=O)OC(C)(C)C)c1cc(C[C@@H](NC(=O)OCc2ccccc2)C(=O)O)cc2ccccc12. The highest BCUT2D eigenvalue weighted by molar-refractivity contribution is 6.02. The molecule has 2 N–H and O–H groups in total. The third kappa shape index (κ3) is 7.20. The lowest BCUT2D eigenvalue weighted by Crippen LogP contribution is -2.42. The summed E-state index contributed by atoms with van der Waals surface area (Å²) in [6.45, 7) is 5.38. The molecule has 0 spiro atoms. The Hall–Kier alpha value is -4.07. The number of nitrogens with zero attached hydrogens (tertiary/aromatic N) is 1. The van der Waals surface area contributed by atoms with Crippen LogP contribution in [0.1, 0.15) is 31.9 Å². The Kier molecular flexibility index (Phi) is 7.96. The third-order valence-electron chi connectivity index (χ3n) is 5.17. The van der Waals surface area contributed by atoms with Gasteiger partial charge in [0.25, 0.3) is 0 Å². The van der Waals surface area contributed by atoms with E-state index in [1.165, 1.54) is 4.90 Å². The van der Waals surface area contributed by atoms with Gasteiger partial charge in [-0.05, 0) is 43.4 Å². The quantitative estimate of drug-likeness (QED) is 0.488. The van der Waals surface area contributed by atoms with Crippen LogP contribution in [-0.4, -0.2) is 42.0 Å². The predicted molar refractivity (Wildman–Crippen MR) is 133 cm³/mol. The Labute approximate surface area is 204 Å². The fraction of sp³-hybridized carbons (Fsp3) is 0.296. The summed E-state index contributed by atoms with van der Waals surface area (Å²) < 4.78 is 10.7. The summed E-state index contributed by atoms with van der Waals surface area (Å²) in [5.74, 6) is -1.20. The van der Waals surface area contributed by atoms with Gasteiger partial charge in [-0.15, -0.1) is 0 Å². The van der Waals surface area contributed by atoms with Gasteiger partial charge in [0.05, 0.1) is 5.69 Å². The number of amides is 2. The number of hydrogen-bond acceptors (Lipinski definition) is 5. The number of carbonyl (C=O) groups is 3. The van der Waals surface area contributed by atoms with Gasteiger partial charge in [0.15, 0.2) is 0 Å². The van der Waals surface area contributed by atoms with Crippen LogP contribution in [0.5, 0.6) is 0 Å². The van der Waals surface area contributed by atoms with Crippen molar-refractivity contribution < 1.29 is 29.0 Å². The van der Waals surface area contributed by atoms with Gasteiger partial charge in [0.1, 0.15) is 18.2 Å². The van der Waals surface area contributed by atoms with Crippen LogP contribution in [-0.2, 0) is 27.3 Å². The van der Waals surface area contributed by atoms with Crippen LogP contribution >= 0.6 is 0 Å². The fourth-order valence-corrected chi connectivity index (χ4v) is 3.52. The van der Waals surface area contributed by atoms with Gasteiger partial charge in [-0.2, -0.15) is 0 Å².